The van der Waals surface area contributed by atoms with Gasteiger partial charge in [-0.3, -0.25) is 9.36 Å². The van der Waals surface area contributed by atoms with E-state index in [0.717, 1.165) is 22.8 Å². The van der Waals surface area contributed by atoms with Crippen LogP contribution in [-0.4, -0.2) is 26.4 Å². The summed E-state index contributed by atoms with van der Waals surface area (Å²) in [4.78, 5) is 12.4. The molecule has 168 valence electrons. The highest BCUT2D eigenvalue weighted by molar-refractivity contribution is 7.99. The lowest BCUT2D eigenvalue weighted by Gasteiger charge is -2.12. The third-order valence-corrected chi connectivity index (χ3v) is 6.39. The molecule has 0 aliphatic rings. The van der Waals surface area contributed by atoms with Gasteiger partial charge < -0.3 is 10.6 Å². The van der Waals surface area contributed by atoms with E-state index in [-0.39, 0.29) is 11.7 Å². The molecule has 0 saturated carbocycles. The molecule has 4 rings (SSSR count). The molecule has 0 aliphatic carbocycles. The minimum absolute atomic E-state index is 0.140. The number of hydrogen-bond acceptors (Lipinski definition) is 5. The van der Waals surface area contributed by atoms with Crippen LogP contribution in [0.25, 0.3) is 5.69 Å². The maximum absolute atomic E-state index is 12.4. The summed E-state index contributed by atoms with van der Waals surface area (Å²) in [5.41, 5.74) is 3.52. The van der Waals surface area contributed by atoms with E-state index in [4.69, 9.17) is 23.2 Å². The van der Waals surface area contributed by atoms with Crippen molar-refractivity contribution in [2.24, 2.45) is 0 Å². The number of aryl methyl sites for hydroxylation is 1. The Balaban J connectivity index is 1.49. The predicted octanol–water partition coefficient (Wildman–Crippen LogP) is 6.23. The monoisotopic (exact) mass is 497 g/mol. The van der Waals surface area contributed by atoms with E-state index in [2.05, 4.69) is 20.8 Å². The Kier molecular flexibility index (Phi) is 7.54. The molecule has 9 heteroatoms. The highest BCUT2D eigenvalue weighted by atomic mass is 35.5. The number of nitrogens with zero attached hydrogens (tertiary/aromatic N) is 3. The lowest BCUT2D eigenvalue weighted by Crippen LogP contribution is -2.14. The van der Waals surface area contributed by atoms with Crippen molar-refractivity contribution < 1.29 is 4.79 Å². The van der Waals surface area contributed by atoms with Gasteiger partial charge in [0, 0.05) is 27.1 Å². The average molecular weight is 498 g/mol. The number of carbonyl (C=O) groups is 1. The van der Waals surface area contributed by atoms with Crippen LogP contribution in [0, 0.1) is 6.92 Å². The number of rotatable bonds is 8. The van der Waals surface area contributed by atoms with Crippen molar-refractivity contribution in [1.29, 1.82) is 0 Å². The number of thioether (sulfide) groups is 1. The zero-order valence-electron chi connectivity index (χ0n) is 17.8. The van der Waals surface area contributed by atoms with Crippen molar-refractivity contribution >= 4 is 52.2 Å². The summed E-state index contributed by atoms with van der Waals surface area (Å²) in [6.07, 6.45) is 0. The molecule has 2 N–H and O–H groups in total. The average Bonchev–Trinajstić information content (AvgIpc) is 3.23. The van der Waals surface area contributed by atoms with E-state index in [1.165, 1.54) is 11.8 Å². The fraction of sp³-hybridized carbons (Fsp3) is 0.125. The van der Waals surface area contributed by atoms with E-state index in [1.807, 2.05) is 60.0 Å². The molecule has 1 aromatic heterocycles. The molecule has 0 bridgehead atoms. The number of aromatic nitrogens is 3. The van der Waals surface area contributed by atoms with Gasteiger partial charge in [0.1, 0.15) is 0 Å². The number of hydrogen-bond donors (Lipinski definition) is 2. The molecule has 1 amide bonds. The molecule has 3 aromatic carbocycles. The predicted molar refractivity (Wildman–Crippen MR) is 136 cm³/mol. The Morgan fingerprint density at radius 3 is 2.42 bits per heavy atom. The zero-order valence-corrected chi connectivity index (χ0v) is 20.1. The van der Waals surface area contributed by atoms with Crippen molar-refractivity contribution in [3.05, 3.63) is 94.2 Å². The first-order valence-corrected chi connectivity index (χ1v) is 11.9. The van der Waals surface area contributed by atoms with Crippen LogP contribution in [0.15, 0.2) is 78.0 Å². The highest BCUT2D eigenvalue weighted by Gasteiger charge is 2.16. The molecular weight excluding hydrogens is 477 g/mol. The van der Waals surface area contributed by atoms with Gasteiger partial charge in [-0.2, -0.15) is 0 Å². The summed E-state index contributed by atoms with van der Waals surface area (Å²) in [5, 5.41) is 16.9. The molecule has 0 radical (unpaired) electrons. The van der Waals surface area contributed by atoms with E-state index >= 15 is 0 Å². The van der Waals surface area contributed by atoms with Gasteiger partial charge in [0.15, 0.2) is 11.0 Å². The van der Waals surface area contributed by atoms with Gasteiger partial charge in [-0.1, -0.05) is 59.2 Å². The number of amides is 1. The molecule has 0 saturated heterocycles. The van der Waals surface area contributed by atoms with E-state index in [9.17, 15) is 4.79 Å². The standard InChI is InChI=1S/C24H21Cl2N5OS/c1-16-7-10-19(13-21(16)26)27-14-22-29-30-24(31(22)20-5-3-2-4-6-20)33-15-23(32)28-18-11-8-17(25)9-12-18/h2-13,27H,14-15H2,1H3,(H,28,32). The third kappa shape index (κ3) is 6.07. The summed E-state index contributed by atoms with van der Waals surface area (Å²) in [6, 6.07) is 22.6. The second-order valence-corrected chi connectivity index (χ2v) is 9.02. The van der Waals surface area contributed by atoms with Crippen LogP contribution in [0.3, 0.4) is 0 Å². The molecule has 33 heavy (non-hydrogen) atoms. The summed E-state index contributed by atoms with van der Waals surface area (Å²) in [5.74, 6) is 0.770. The third-order valence-electron chi connectivity index (χ3n) is 4.80. The second-order valence-electron chi connectivity index (χ2n) is 7.23. The number of para-hydroxylation sites is 1. The topological polar surface area (TPSA) is 71.8 Å². The summed E-state index contributed by atoms with van der Waals surface area (Å²) >= 11 is 13.5. The van der Waals surface area contributed by atoms with Gasteiger partial charge >= 0.3 is 0 Å². The number of nitrogens with one attached hydrogen (secondary N) is 2. The van der Waals surface area contributed by atoms with E-state index < -0.39 is 0 Å². The van der Waals surface area contributed by atoms with Crippen molar-refractivity contribution in [3.8, 4) is 5.69 Å². The van der Waals surface area contributed by atoms with Crippen LogP contribution in [0.1, 0.15) is 11.4 Å². The molecule has 0 spiro atoms. The number of anilines is 2. The Hall–Kier alpha value is -3.00. The smallest absolute Gasteiger partial charge is 0.234 e. The van der Waals surface area contributed by atoms with Crippen molar-refractivity contribution in [2.75, 3.05) is 16.4 Å². The van der Waals surface area contributed by atoms with Crippen molar-refractivity contribution in [2.45, 2.75) is 18.6 Å². The molecule has 4 aromatic rings. The maximum atomic E-state index is 12.4. The van der Waals surface area contributed by atoms with Gasteiger partial charge in [0.25, 0.3) is 0 Å². The first kappa shape index (κ1) is 23.2. The van der Waals surface area contributed by atoms with Gasteiger partial charge in [-0.25, -0.2) is 0 Å². The quantitative estimate of drug-likeness (QED) is 0.282. The Bertz CT molecular complexity index is 1250. The largest absolute Gasteiger partial charge is 0.378 e. The SMILES string of the molecule is Cc1ccc(NCc2nnc(SCC(=O)Nc3ccc(Cl)cc3)n2-c2ccccc2)cc1Cl. The van der Waals surface area contributed by atoms with Crippen molar-refractivity contribution in [1.82, 2.24) is 14.8 Å². The lowest BCUT2D eigenvalue weighted by atomic mass is 10.2. The molecule has 0 atom stereocenters. The molecule has 0 fully saturated rings. The molecule has 0 aliphatic heterocycles. The minimum atomic E-state index is -0.140. The fourth-order valence-electron chi connectivity index (χ4n) is 3.09. The van der Waals surface area contributed by atoms with E-state index in [0.29, 0.717) is 27.4 Å². The summed E-state index contributed by atoms with van der Waals surface area (Å²) in [6.45, 7) is 2.41. The van der Waals surface area contributed by atoms with Gasteiger partial charge in [-0.15, -0.1) is 10.2 Å². The molecule has 1 heterocycles. The van der Waals surface area contributed by atoms with Crippen molar-refractivity contribution in [3.63, 3.8) is 0 Å². The normalized spacial score (nSPS) is 10.8. The van der Waals surface area contributed by atoms with Gasteiger partial charge in [0.05, 0.1) is 12.3 Å². The van der Waals surface area contributed by atoms with E-state index in [1.54, 1.807) is 24.3 Å². The van der Waals surface area contributed by atoms with Crippen LogP contribution < -0.4 is 10.6 Å². The first-order chi connectivity index (χ1) is 16.0. The van der Waals surface area contributed by atoms with Crippen LogP contribution >= 0.6 is 35.0 Å². The van der Waals surface area contributed by atoms with Crippen LogP contribution in [0.2, 0.25) is 10.0 Å². The number of carbonyl (C=O) groups excluding carboxylic acids is 1. The highest BCUT2D eigenvalue weighted by Crippen LogP contribution is 2.24. The minimum Gasteiger partial charge on any atom is -0.378 e. The first-order valence-electron chi connectivity index (χ1n) is 10.2. The molecule has 6 nitrogen and oxygen atoms in total. The fourth-order valence-corrected chi connectivity index (χ4v) is 4.17. The number of halogens is 2. The van der Waals surface area contributed by atoms with Crippen LogP contribution in [0.5, 0.6) is 0 Å². The Labute approximate surface area is 206 Å². The summed E-state index contributed by atoms with van der Waals surface area (Å²) < 4.78 is 1.95. The molecular formula is C24H21Cl2N5OS. The Morgan fingerprint density at radius 1 is 0.970 bits per heavy atom. The summed E-state index contributed by atoms with van der Waals surface area (Å²) in [7, 11) is 0. The number of benzene rings is 3. The molecule has 0 unspecified atom stereocenters. The Morgan fingerprint density at radius 2 is 1.70 bits per heavy atom. The van der Waals surface area contributed by atoms with Gasteiger partial charge in [0.2, 0.25) is 5.91 Å². The van der Waals surface area contributed by atoms with Crippen LogP contribution in [-0.2, 0) is 11.3 Å². The van der Waals surface area contributed by atoms with Gasteiger partial charge in [-0.05, 0) is 61.0 Å². The zero-order chi connectivity index (χ0) is 23.2. The maximum Gasteiger partial charge on any atom is 0.234 e. The second kappa shape index (κ2) is 10.7. The van der Waals surface area contributed by atoms with Crippen LogP contribution in [0.4, 0.5) is 11.4 Å². The lowest BCUT2D eigenvalue weighted by molar-refractivity contribution is -0.113.